The minimum Gasteiger partial charge on any atom is -0.406 e. The van der Waals surface area contributed by atoms with E-state index in [1.807, 2.05) is 39.6 Å². The summed E-state index contributed by atoms with van der Waals surface area (Å²) in [6.45, 7) is 16.5. The molecule has 1 rings (SSSR count). The maximum atomic E-state index is 12.1. The summed E-state index contributed by atoms with van der Waals surface area (Å²) < 4.78 is 40.2. The van der Waals surface area contributed by atoms with Gasteiger partial charge in [0.05, 0.1) is 0 Å². The van der Waals surface area contributed by atoms with Crippen molar-refractivity contribution in [2.75, 3.05) is 17.3 Å². The van der Waals surface area contributed by atoms with E-state index in [2.05, 4.69) is 67.3 Å². The van der Waals surface area contributed by atoms with Crippen LogP contribution in [0.1, 0.15) is 68.2 Å². The number of anilines is 1. The molecule has 0 spiro atoms. The third-order valence-electron chi connectivity index (χ3n) is 2.82. The number of rotatable bonds is 6. The van der Waals surface area contributed by atoms with Gasteiger partial charge in [0.2, 0.25) is 0 Å². The number of allylic oxidation sites excluding steroid dienone is 2. The van der Waals surface area contributed by atoms with E-state index in [1.54, 1.807) is 12.1 Å². The minimum absolute atomic E-state index is 0.213. The number of hydrogen-bond donors (Lipinski definition) is 0. The number of nitrogens with zero attached hydrogens (tertiary/aromatic N) is 1. The normalized spacial score (nSPS) is 9.93. The number of alkyl halides is 4. The van der Waals surface area contributed by atoms with Gasteiger partial charge >= 0.3 is 6.36 Å². The summed E-state index contributed by atoms with van der Waals surface area (Å²) in [5, 5.41) is 0.731. The highest BCUT2D eigenvalue weighted by molar-refractivity contribution is 9.09. The van der Waals surface area contributed by atoms with Crippen molar-refractivity contribution in [2.24, 2.45) is 5.92 Å². The second-order valence-electron chi connectivity index (χ2n) is 5.76. The number of benzene rings is 1. The summed E-state index contributed by atoms with van der Waals surface area (Å²) in [4.78, 5) is 1.97. The van der Waals surface area contributed by atoms with Crippen LogP contribution < -0.4 is 9.64 Å². The Kier molecular flexibility index (Phi) is 28.2. The molecule has 0 aliphatic rings. The van der Waals surface area contributed by atoms with Crippen LogP contribution in [0.25, 0.3) is 0 Å². The second-order valence-corrected chi connectivity index (χ2v) is 6.40. The molecular formula is C24H41BrF3NO. The summed E-state index contributed by atoms with van der Waals surface area (Å²) in [7, 11) is 1.90. The lowest BCUT2D eigenvalue weighted by atomic mass is 10.1. The fourth-order valence-corrected chi connectivity index (χ4v) is 2.28. The number of terminal acetylenes is 1. The molecule has 0 amide bonds. The number of halogens is 4. The van der Waals surface area contributed by atoms with Crippen molar-refractivity contribution < 1.29 is 17.9 Å². The van der Waals surface area contributed by atoms with Crippen molar-refractivity contribution in [1.82, 2.24) is 0 Å². The molecule has 0 bridgehead atoms. The lowest BCUT2D eigenvalue weighted by molar-refractivity contribution is -0.274. The Hall–Kier alpha value is -1.61. The molecule has 0 aliphatic heterocycles. The largest absolute Gasteiger partial charge is 0.573 e. The molecule has 0 fully saturated rings. The van der Waals surface area contributed by atoms with Gasteiger partial charge < -0.3 is 9.64 Å². The van der Waals surface area contributed by atoms with E-state index < -0.39 is 6.36 Å². The second kappa shape index (κ2) is 23.7. The fourth-order valence-electron chi connectivity index (χ4n) is 1.90. The molecule has 0 saturated heterocycles. The van der Waals surface area contributed by atoms with Gasteiger partial charge in [0.15, 0.2) is 0 Å². The lowest BCUT2D eigenvalue weighted by Gasteiger charge is -2.24. The van der Waals surface area contributed by atoms with Crippen LogP contribution in [0.5, 0.6) is 5.75 Å². The molecule has 2 nitrogen and oxygen atoms in total. The van der Waals surface area contributed by atoms with Gasteiger partial charge in [0, 0.05) is 23.8 Å². The molecule has 0 aromatic heterocycles. The maximum absolute atomic E-state index is 12.1. The van der Waals surface area contributed by atoms with Crippen LogP contribution in [-0.2, 0) is 0 Å². The summed E-state index contributed by atoms with van der Waals surface area (Å²) in [6.07, 6.45) is 7.54. The summed E-state index contributed by atoms with van der Waals surface area (Å²) in [6, 6.07) is 5.87. The molecule has 1 aromatic carbocycles. The van der Waals surface area contributed by atoms with Gasteiger partial charge in [-0.2, -0.15) is 0 Å². The topological polar surface area (TPSA) is 12.5 Å². The van der Waals surface area contributed by atoms with Crippen molar-refractivity contribution in [1.29, 1.82) is 0 Å². The van der Waals surface area contributed by atoms with Gasteiger partial charge in [0.25, 0.3) is 0 Å². The molecule has 0 atom stereocenters. The molecule has 0 N–H and O–H groups in total. The first-order chi connectivity index (χ1) is 14.1. The zero-order valence-corrected chi connectivity index (χ0v) is 21.7. The molecule has 176 valence electrons. The average molecular weight is 496 g/mol. The fraction of sp³-hybridized carbons (Fsp3) is 0.583. The highest BCUT2D eigenvalue weighted by atomic mass is 79.9. The Labute approximate surface area is 192 Å². The molecule has 6 heteroatoms. The highest BCUT2D eigenvalue weighted by Gasteiger charge is 2.31. The Bertz CT molecular complexity index is 523. The standard InChI is InChI=1S/C15H19BrF3NO.C3H8.2C2H6.C2H2/c1-11(2)10-13(8-9-16)20(3)12-4-6-14(7-5-12)21-15(17,18)19;1-3-2;3*1-2/h4-8,11H,9-10H2,1-3H3;3H2,1-2H3;2*1-2H3;1-2H/b13-8-;;;;. The SMILES string of the molecule is C#C.CC.CC.CC(C)C/C(=C/CBr)N(C)c1ccc(OC(F)(F)F)cc1.CCC. The van der Waals surface area contributed by atoms with Crippen LogP contribution in [-0.4, -0.2) is 18.7 Å². The van der Waals surface area contributed by atoms with Gasteiger partial charge in [-0.05, 0) is 36.6 Å². The van der Waals surface area contributed by atoms with E-state index in [-0.39, 0.29) is 5.75 Å². The third kappa shape index (κ3) is 21.1. The zero-order chi connectivity index (χ0) is 24.8. The monoisotopic (exact) mass is 495 g/mol. The van der Waals surface area contributed by atoms with E-state index in [9.17, 15) is 13.2 Å². The number of ether oxygens (including phenoxy) is 1. The van der Waals surface area contributed by atoms with Gasteiger partial charge in [0.1, 0.15) is 5.75 Å². The summed E-state index contributed by atoms with van der Waals surface area (Å²) in [5.41, 5.74) is 1.93. The van der Waals surface area contributed by atoms with E-state index in [0.29, 0.717) is 5.92 Å². The Morgan fingerprint density at radius 1 is 1.07 bits per heavy atom. The maximum Gasteiger partial charge on any atom is 0.573 e. The first-order valence-corrected chi connectivity index (χ1v) is 11.4. The van der Waals surface area contributed by atoms with Crippen LogP contribution in [0.3, 0.4) is 0 Å². The molecular weight excluding hydrogens is 455 g/mol. The third-order valence-corrected chi connectivity index (χ3v) is 3.14. The van der Waals surface area contributed by atoms with E-state index in [1.165, 1.54) is 18.6 Å². The summed E-state index contributed by atoms with van der Waals surface area (Å²) >= 11 is 3.38. The first kappa shape index (κ1) is 35.8. The van der Waals surface area contributed by atoms with E-state index in [0.717, 1.165) is 23.1 Å². The van der Waals surface area contributed by atoms with Crippen molar-refractivity contribution in [2.45, 2.75) is 74.6 Å². The van der Waals surface area contributed by atoms with Crippen molar-refractivity contribution in [3.05, 3.63) is 36.0 Å². The van der Waals surface area contributed by atoms with Crippen LogP contribution in [0.15, 0.2) is 36.0 Å². The number of hydrogen-bond acceptors (Lipinski definition) is 2. The van der Waals surface area contributed by atoms with Gasteiger partial charge in [-0.1, -0.05) is 83.8 Å². The zero-order valence-electron chi connectivity index (χ0n) is 20.1. The molecule has 0 saturated carbocycles. The molecule has 0 unspecified atom stereocenters. The Morgan fingerprint density at radius 2 is 1.47 bits per heavy atom. The Balaban J connectivity index is -0.000000327. The van der Waals surface area contributed by atoms with Crippen molar-refractivity contribution in [3.8, 4) is 18.6 Å². The van der Waals surface area contributed by atoms with Crippen molar-refractivity contribution in [3.63, 3.8) is 0 Å². The van der Waals surface area contributed by atoms with Crippen LogP contribution in [0.2, 0.25) is 0 Å². The van der Waals surface area contributed by atoms with Crippen molar-refractivity contribution >= 4 is 21.6 Å². The highest BCUT2D eigenvalue weighted by Crippen LogP contribution is 2.27. The smallest absolute Gasteiger partial charge is 0.406 e. The van der Waals surface area contributed by atoms with E-state index in [4.69, 9.17) is 0 Å². The first-order valence-electron chi connectivity index (χ1n) is 10.3. The lowest BCUT2D eigenvalue weighted by Crippen LogP contribution is -2.19. The minimum atomic E-state index is -4.66. The van der Waals surface area contributed by atoms with Crippen LogP contribution in [0.4, 0.5) is 18.9 Å². The molecule has 30 heavy (non-hydrogen) atoms. The van der Waals surface area contributed by atoms with E-state index >= 15 is 0 Å². The van der Waals surface area contributed by atoms with Gasteiger partial charge in [-0.3, -0.25) is 0 Å². The predicted octanol–water partition coefficient (Wildman–Crippen LogP) is 9.06. The molecule has 0 radical (unpaired) electrons. The van der Waals surface area contributed by atoms with Gasteiger partial charge in [-0.25, -0.2) is 0 Å². The summed E-state index contributed by atoms with van der Waals surface area (Å²) in [5.74, 6) is 0.278. The average Bonchev–Trinajstić information content (AvgIpc) is 2.71. The molecule has 0 aliphatic carbocycles. The van der Waals surface area contributed by atoms with Gasteiger partial charge in [-0.15, -0.1) is 26.0 Å². The molecule has 1 aromatic rings. The predicted molar refractivity (Wildman–Crippen MR) is 131 cm³/mol. The van der Waals surface area contributed by atoms with Crippen LogP contribution in [0, 0.1) is 18.8 Å². The molecule has 0 heterocycles. The quantitative estimate of drug-likeness (QED) is 0.288. The Morgan fingerprint density at radius 3 is 1.77 bits per heavy atom. The van der Waals surface area contributed by atoms with Crippen LogP contribution >= 0.6 is 15.9 Å².